The van der Waals surface area contributed by atoms with Crippen molar-refractivity contribution in [2.75, 3.05) is 7.11 Å². The van der Waals surface area contributed by atoms with E-state index in [4.69, 9.17) is 9.15 Å². The lowest BCUT2D eigenvalue weighted by atomic mass is 9.92. The quantitative estimate of drug-likeness (QED) is 0.519. The Morgan fingerprint density at radius 1 is 1.07 bits per heavy atom. The normalized spacial score (nSPS) is 18.7. The Kier molecular flexibility index (Phi) is 4.81. The van der Waals surface area contributed by atoms with Gasteiger partial charge in [0.1, 0.15) is 16.9 Å². The number of hydrogen-bond donors (Lipinski definition) is 1. The summed E-state index contributed by atoms with van der Waals surface area (Å²) in [6.07, 6.45) is 0.803. The lowest BCUT2D eigenvalue weighted by molar-refractivity contribution is -0.131. The third-order valence-electron chi connectivity index (χ3n) is 5.57. The predicted octanol–water partition coefficient (Wildman–Crippen LogP) is 3.33. The van der Waals surface area contributed by atoms with E-state index in [1.165, 1.54) is 6.07 Å². The molecule has 7 heteroatoms. The molecule has 0 spiro atoms. The molecule has 0 saturated carbocycles. The van der Waals surface area contributed by atoms with Crippen LogP contribution in [0.2, 0.25) is 0 Å². The number of urea groups is 1. The first-order valence-corrected chi connectivity index (χ1v) is 9.70. The van der Waals surface area contributed by atoms with Crippen LogP contribution in [0.4, 0.5) is 4.79 Å². The fourth-order valence-electron chi connectivity index (χ4n) is 3.76. The molecule has 1 saturated heterocycles. The Labute approximate surface area is 173 Å². The van der Waals surface area contributed by atoms with Crippen molar-refractivity contribution in [1.82, 2.24) is 10.2 Å². The van der Waals surface area contributed by atoms with Crippen molar-refractivity contribution in [1.29, 1.82) is 0 Å². The van der Waals surface area contributed by atoms with Gasteiger partial charge in [0, 0.05) is 11.5 Å². The molecular formula is C23H22N2O5. The number of methoxy groups -OCH3 is 1. The Morgan fingerprint density at radius 2 is 1.80 bits per heavy atom. The largest absolute Gasteiger partial charge is 0.497 e. The van der Waals surface area contributed by atoms with Crippen molar-refractivity contribution in [2.24, 2.45) is 0 Å². The van der Waals surface area contributed by atoms with Crippen molar-refractivity contribution in [3.63, 3.8) is 0 Å². The first kappa shape index (κ1) is 19.7. The Balaban J connectivity index is 1.69. The Morgan fingerprint density at radius 3 is 2.47 bits per heavy atom. The molecule has 2 heterocycles. The zero-order chi connectivity index (χ0) is 21.5. The van der Waals surface area contributed by atoms with Gasteiger partial charge in [0.2, 0.25) is 0 Å². The second kappa shape index (κ2) is 7.33. The monoisotopic (exact) mass is 406 g/mol. The lowest BCUT2D eigenvalue weighted by Crippen LogP contribution is -2.40. The van der Waals surface area contributed by atoms with E-state index in [1.807, 2.05) is 25.1 Å². The summed E-state index contributed by atoms with van der Waals surface area (Å²) in [6, 6.07) is 13.4. The van der Waals surface area contributed by atoms with E-state index in [0.717, 1.165) is 16.9 Å². The van der Waals surface area contributed by atoms with Crippen LogP contribution in [-0.4, -0.2) is 23.9 Å². The highest BCUT2D eigenvalue weighted by Crippen LogP contribution is 2.31. The summed E-state index contributed by atoms with van der Waals surface area (Å²) < 4.78 is 10.5. The zero-order valence-corrected chi connectivity index (χ0v) is 17.0. The number of ether oxygens (including phenoxy) is 1. The van der Waals surface area contributed by atoms with Crippen molar-refractivity contribution < 1.29 is 18.7 Å². The molecule has 1 N–H and O–H groups in total. The van der Waals surface area contributed by atoms with Crippen LogP contribution in [0.15, 0.2) is 57.7 Å². The molecular weight excluding hydrogens is 384 g/mol. The number of carbonyl (C=O) groups is 2. The summed E-state index contributed by atoms with van der Waals surface area (Å²) in [4.78, 5) is 39.1. The lowest BCUT2D eigenvalue weighted by Gasteiger charge is -2.22. The van der Waals surface area contributed by atoms with E-state index in [0.29, 0.717) is 27.8 Å². The average Bonchev–Trinajstić information content (AvgIpc) is 2.97. The second-order valence-corrected chi connectivity index (χ2v) is 7.45. The van der Waals surface area contributed by atoms with Gasteiger partial charge in [-0.25, -0.2) is 9.59 Å². The standard InChI is InChI=1S/C23H22N2O5/c1-4-14-5-10-18-15(12-20(26)30-19(18)11-14)13-25-21(27)23(2,24-22(25)28)16-6-8-17(29-3)9-7-16/h5-12H,4,13H2,1-3H3,(H,24,28). The molecule has 1 unspecified atom stereocenters. The van der Waals surface area contributed by atoms with Gasteiger partial charge in [-0.2, -0.15) is 0 Å². The molecule has 0 radical (unpaired) electrons. The van der Waals surface area contributed by atoms with Crippen molar-refractivity contribution in [2.45, 2.75) is 32.4 Å². The molecule has 1 atom stereocenters. The minimum absolute atomic E-state index is 0.0238. The van der Waals surface area contributed by atoms with Crippen LogP contribution in [-0.2, 0) is 23.3 Å². The second-order valence-electron chi connectivity index (χ2n) is 7.45. The minimum atomic E-state index is -1.20. The summed E-state index contributed by atoms with van der Waals surface area (Å²) in [5.41, 5.74) is 0.969. The van der Waals surface area contributed by atoms with Crippen LogP contribution in [0.5, 0.6) is 5.75 Å². The van der Waals surface area contributed by atoms with Gasteiger partial charge in [-0.05, 0) is 48.2 Å². The number of amides is 3. The van der Waals surface area contributed by atoms with Crippen LogP contribution >= 0.6 is 0 Å². The third-order valence-corrected chi connectivity index (χ3v) is 5.57. The highest BCUT2D eigenvalue weighted by atomic mass is 16.5. The van der Waals surface area contributed by atoms with Crippen molar-refractivity contribution in [3.05, 3.63) is 75.6 Å². The van der Waals surface area contributed by atoms with Gasteiger partial charge < -0.3 is 14.5 Å². The van der Waals surface area contributed by atoms with Gasteiger partial charge in [0.25, 0.3) is 5.91 Å². The molecule has 154 valence electrons. The van der Waals surface area contributed by atoms with E-state index in [2.05, 4.69) is 5.32 Å². The number of benzene rings is 2. The molecule has 4 rings (SSSR count). The summed E-state index contributed by atoms with van der Waals surface area (Å²) in [5.74, 6) is 0.272. The van der Waals surface area contributed by atoms with Gasteiger partial charge >= 0.3 is 11.7 Å². The number of hydrogen-bond acceptors (Lipinski definition) is 5. The summed E-state index contributed by atoms with van der Waals surface area (Å²) in [6.45, 7) is 3.65. The maximum Gasteiger partial charge on any atom is 0.336 e. The van der Waals surface area contributed by atoms with Gasteiger partial charge in [0.15, 0.2) is 0 Å². The number of carbonyl (C=O) groups excluding carboxylic acids is 2. The van der Waals surface area contributed by atoms with Gasteiger partial charge in [0.05, 0.1) is 13.7 Å². The van der Waals surface area contributed by atoms with E-state index in [-0.39, 0.29) is 12.5 Å². The minimum Gasteiger partial charge on any atom is -0.497 e. The predicted molar refractivity (Wildman–Crippen MR) is 111 cm³/mol. The molecule has 2 aromatic carbocycles. The molecule has 1 fully saturated rings. The smallest absolute Gasteiger partial charge is 0.336 e. The Hall–Kier alpha value is -3.61. The number of rotatable bonds is 5. The molecule has 0 aliphatic carbocycles. The van der Waals surface area contributed by atoms with E-state index in [1.54, 1.807) is 38.3 Å². The van der Waals surface area contributed by atoms with E-state index < -0.39 is 17.2 Å². The SMILES string of the molecule is CCc1ccc2c(CN3C(=O)NC(C)(c4ccc(OC)cc4)C3=O)cc(=O)oc2c1. The van der Waals surface area contributed by atoms with Gasteiger partial charge in [-0.15, -0.1) is 0 Å². The number of nitrogens with zero attached hydrogens (tertiary/aromatic N) is 1. The van der Waals surface area contributed by atoms with Crippen LogP contribution in [0.1, 0.15) is 30.5 Å². The van der Waals surface area contributed by atoms with Gasteiger partial charge in [-0.3, -0.25) is 9.69 Å². The number of fused-ring (bicyclic) bond motifs is 1. The van der Waals surface area contributed by atoms with E-state index in [9.17, 15) is 14.4 Å². The van der Waals surface area contributed by atoms with E-state index >= 15 is 0 Å². The highest BCUT2D eigenvalue weighted by molar-refractivity contribution is 6.07. The fourth-order valence-corrected chi connectivity index (χ4v) is 3.76. The first-order chi connectivity index (χ1) is 14.4. The molecule has 3 aromatic rings. The number of aryl methyl sites for hydroxylation is 1. The number of nitrogens with one attached hydrogen (secondary N) is 1. The summed E-state index contributed by atoms with van der Waals surface area (Å²) in [7, 11) is 1.56. The van der Waals surface area contributed by atoms with Crippen molar-refractivity contribution >= 4 is 22.9 Å². The van der Waals surface area contributed by atoms with Crippen LogP contribution in [0.25, 0.3) is 11.0 Å². The summed E-state index contributed by atoms with van der Waals surface area (Å²) >= 11 is 0. The summed E-state index contributed by atoms with van der Waals surface area (Å²) in [5, 5.41) is 3.48. The third kappa shape index (κ3) is 3.22. The highest BCUT2D eigenvalue weighted by Gasteiger charge is 2.49. The number of imide groups is 1. The molecule has 7 nitrogen and oxygen atoms in total. The maximum absolute atomic E-state index is 13.2. The molecule has 1 aliphatic rings. The van der Waals surface area contributed by atoms with Crippen LogP contribution < -0.4 is 15.7 Å². The average molecular weight is 406 g/mol. The first-order valence-electron chi connectivity index (χ1n) is 9.70. The molecule has 0 bridgehead atoms. The van der Waals surface area contributed by atoms with Crippen LogP contribution in [0, 0.1) is 0 Å². The van der Waals surface area contributed by atoms with Crippen LogP contribution in [0.3, 0.4) is 0 Å². The Bertz CT molecular complexity index is 1200. The maximum atomic E-state index is 13.2. The zero-order valence-electron chi connectivity index (χ0n) is 17.0. The van der Waals surface area contributed by atoms with Crippen molar-refractivity contribution in [3.8, 4) is 5.75 Å². The topological polar surface area (TPSA) is 88.9 Å². The molecule has 30 heavy (non-hydrogen) atoms. The fraction of sp³-hybridized carbons (Fsp3) is 0.261. The van der Waals surface area contributed by atoms with Gasteiger partial charge in [-0.1, -0.05) is 31.2 Å². The molecule has 1 aliphatic heterocycles. The molecule has 1 aromatic heterocycles. The molecule has 3 amide bonds.